The number of halogens is 1. The number of hydrogen-bond donors (Lipinski definition) is 1. The lowest BCUT2D eigenvalue weighted by Gasteiger charge is -2.07. The van der Waals surface area contributed by atoms with Crippen molar-refractivity contribution in [1.82, 2.24) is 9.97 Å². The van der Waals surface area contributed by atoms with E-state index in [0.717, 1.165) is 10.9 Å². The van der Waals surface area contributed by atoms with E-state index in [0.29, 0.717) is 16.0 Å². The van der Waals surface area contributed by atoms with Gasteiger partial charge in [-0.05, 0) is 40.2 Å². The molecule has 0 aliphatic heterocycles. The molecule has 98 valence electrons. The van der Waals surface area contributed by atoms with Gasteiger partial charge in [-0.25, -0.2) is 4.98 Å². The van der Waals surface area contributed by atoms with Crippen molar-refractivity contribution in [3.8, 4) is 0 Å². The summed E-state index contributed by atoms with van der Waals surface area (Å²) in [6, 6.07) is 14.6. The molecule has 1 aromatic carbocycles. The van der Waals surface area contributed by atoms with Crippen LogP contribution in [0.25, 0.3) is 10.9 Å². The van der Waals surface area contributed by atoms with Crippen LogP contribution in [0.1, 0.15) is 10.4 Å². The van der Waals surface area contributed by atoms with E-state index in [1.807, 2.05) is 30.3 Å². The van der Waals surface area contributed by atoms with Gasteiger partial charge >= 0.3 is 0 Å². The van der Waals surface area contributed by atoms with Crippen LogP contribution < -0.4 is 5.32 Å². The van der Waals surface area contributed by atoms with Gasteiger partial charge in [-0.2, -0.15) is 0 Å². The minimum atomic E-state index is -0.200. The Morgan fingerprint density at radius 2 is 1.90 bits per heavy atom. The molecule has 0 saturated carbocycles. The minimum absolute atomic E-state index is 0.200. The standard InChI is InChI=1S/C15H10BrN3O/c16-13-6-3-7-14(18-13)19-15(20)11-8-9-17-12-5-2-1-4-10(11)12/h1-9H,(H,18,19,20). The number of nitrogens with zero attached hydrogens (tertiary/aromatic N) is 2. The van der Waals surface area contributed by atoms with Crippen LogP contribution in [0.5, 0.6) is 0 Å². The van der Waals surface area contributed by atoms with E-state index in [9.17, 15) is 4.79 Å². The van der Waals surface area contributed by atoms with E-state index in [1.54, 1.807) is 24.4 Å². The van der Waals surface area contributed by atoms with Gasteiger partial charge in [-0.1, -0.05) is 24.3 Å². The summed E-state index contributed by atoms with van der Waals surface area (Å²) in [6.07, 6.45) is 1.63. The number of benzene rings is 1. The molecule has 0 unspecified atom stereocenters. The number of nitrogens with one attached hydrogen (secondary N) is 1. The maximum absolute atomic E-state index is 12.3. The van der Waals surface area contributed by atoms with Crippen LogP contribution >= 0.6 is 15.9 Å². The molecule has 0 fully saturated rings. The zero-order chi connectivity index (χ0) is 13.9. The van der Waals surface area contributed by atoms with Crippen molar-refractivity contribution in [2.75, 3.05) is 5.32 Å². The highest BCUT2D eigenvalue weighted by Gasteiger charge is 2.11. The maximum Gasteiger partial charge on any atom is 0.257 e. The molecule has 20 heavy (non-hydrogen) atoms. The normalized spacial score (nSPS) is 10.4. The topological polar surface area (TPSA) is 54.9 Å². The second-order valence-electron chi connectivity index (χ2n) is 4.18. The summed E-state index contributed by atoms with van der Waals surface area (Å²) < 4.78 is 0.676. The molecule has 0 bridgehead atoms. The molecule has 5 heteroatoms. The van der Waals surface area contributed by atoms with Crippen LogP contribution in [0.15, 0.2) is 59.3 Å². The number of rotatable bonds is 2. The summed E-state index contributed by atoms with van der Waals surface area (Å²) >= 11 is 3.28. The van der Waals surface area contributed by atoms with Crippen LogP contribution in [0.4, 0.5) is 5.82 Å². The van der Waals surface area contributed by atoms with E-state index in [2.05, 4.69) is 31.2 Å². The summed E-state index contributed by atoms with van der Waals surface area (Å²) in [6.45, 7) is 0. The number of amides is 1. The largest absolute Gasteiger partial charge is 0.307 e. The van der Waals surface area contributed by atoms with Gasteiger partial charge in [-0.3, -0.25) is 9.78 Å². The van der Waals surface area contributed by atoms with Gasteiger partial charge < -0.3 is 5.32 Å². The predicted molar refractivity (Wildman–Crippen MR) is 81.6 cm³/mol. The van der Waals surface area contributed by atoms with Crippen LogP contribution in [-0.2, 0) is 0 Å². The number of fused-ring (bicyclic) bond motifs is 1. The van der Waals surface area contributed by atoms with Gasteiger partial charge in [0.2, 0.25) is 0 Å². The molecule has 1 amide bonds. The third kappa shape index (κ3) is 2.53. The maximum atomic E-state index is 12.3. The van der Waals surface area contributed by atoms with E-state index >= 15 is 0 Å². The number of pyridine rings is 2. The first kappa shape index (κ1) is 12.7. The van der Waals surface area contributed by atoms with Crippen molar-refractivity contribution < 1.29 is 4.79 Å². The Kier molecular flexibility index (Phi) is 3.43. The fourth-order valence-corrected chi connectivity index (χ4v) is 2.30. The first-order chi connectivity index (χ1) is 9.74. The van der Waals surface area contributed by atoms with E-state index < -0.39 is 0 Å². The molecule has 3 aromatic rings. The number of hydrogen-bond acceptors (Lipinski definition) is 3. The summed E-state index contributed by atoms with van der Waals surface area (Å²) in [5, 5.41) is 3.61. The number of para-hydroxylation sites is 1. The number of aromatic nitrogens is 2. The highest BCUT2D eigenvalue weighted by molar-refractivity contribution is 9.10. The van der Waals surface area contributed by atoms with Crippen molar-refractivity contribution >= 4 is 38.6 Å². The second-order valence-corrected chi connectivity index (χ2v) is 4.99. The molecule has 0 atom stereocenters. The molecule has 1 N–H and O–H groups in total. The molecule has 0 aliphatic carbocycles. The van der Waals surface area contributed by atoms with Crippen LogP contribution in [0.2, 0.25) is 0 Å². The Morgan fingerprint density at radius 3 is 2.75 bits per heavy atom. The number of anilines is 1. The van der Waals surface area contributed by atoms with Crippen LogP contribution in [-0.4, -0.2) is 15.9 Å². The zero-order valence-electron chi connectivity index (χ0n) is 10.4. The molecular formula is C15H10BrN3O. The molecule has 2 heterocycles. The quantitative estimate of drug-likeness (QED) is 0.731. The van der Waals surface area contributed by atoms with Crippen molar-refractivity contribution in [2.45, 2.75) is 0 Å². The average molecular weight is 328 g/mol. The van der Waals surface area contributed by atoms with Crippen molar-refractivity contribution in [1.29, 1.82) is 0 Å². The predicted octanol–water partition coefficient (Wildman–Crippen LogP) is 3.64. The van der Waals surface area contributed by atoms with Crippen LogP contribution in [0.3, 0.4) is 0 Å². The Morgan fingerprint density at radius 1 is 1.05 bits per heavy atom. The lowest BCUT2D eigenvalue weighted by molar-refractivity contribution is 0.102. The van der Waals surface area contributed by atoms with E-state index in [4.69, 9.17) is 0 Å². The van der Waals surface area contributed by atoms with Gasteiger partial charge in [-0.15, -0.1) is 0 Å². The summed E-state index contributed by atoms with van der Waals surface area (Å²) in [5.74, 6) is 0.305. The third-order valence-corrected chi connectivity index (χ3v) is 3.29. The summed E-state index contributed by atoms with van der Waals surface area (Å²) in [5.41, 5.74) is 1.37. The lowest BCUT2D eigenvalue weighted by atomic mass is 10.1. The van der Waals surface area contributed by atoms with Gasteiger partial charge in [0.25, 0.3) is 5.91 Å². The molecule has 0 saturated heterocycles. The Hall–Kier alpha value is -2.27. The van der Waals surface area contributed by atoms with Crippen molar-refractivity contribution in [3.05, 3.63) is 64.9 Å². The van der Waals surface area contributed by atoms with E-state index in [1.165, 1.54) is 0 Å². The van der Waals surface area contributed by atoms with Crippen molar-refractivity contribution in [2.24, 2.45) is 0 Å². The lowest BCUT2D eigenvalue weighted by Crippen LogP contribution is -2.13. The Bertz CT molecular complexity index is 783. The summed E-state index contributed by atoms with van der Waals surface area (Å²) in [7, 11) is 0. The highest BCUT2D eigenvalue weighted by Crippen LogP contribution is 2.18. The van der Waals surface area contributed by atoms with Crippen molar-refractivity contribution in [3.63, 3.8) is 0 Å². The molecule has 4 nitrogen and oxygen atoms in total. The third-order valence-electron chi connectivity index (χ3n) is 2.85. The fourth-order valence-electron chi connectivity index (χ4n) is 1.96. The minimum Gasteiger partial charge on any atom is -0.307 e. The SMILES string of the molecule is O=C(Nc1cccc(Br)n1)c1ccnc2ccccc12. The molecule has 0 spiro atoms. The fraction of sp³-hybridized carbons (Fsp3) is 0. The monoisotopic (exact) mass is 327 g/mol. The number of carbonyl (C=O) groups is 1. The van der Waals surface area contributed by atoms with Gasteiger partial charge in [0.15, 0.2) is 0 Å². The second kappa shape index (κ2) is 5.38. The zero-order valence-corrected chi connectivity index (χ0v) is 12.0. The molecule has 2 aromatic heterocycles. The molecule has 0 radical (unpaired) electrons. The smallest absolute Gasteiger partial charge is 0.257 e. The average Bonchev–Trinajstić information content (AvgIpc) is 2.46. The van der Waals surface area contributed by atoms with Crippen LogP contribution in [0, 0.1) is 0 Å². The molecular weight excluding hydrogens is 318 g/mol. The Labute approximate surface area is 124 Å². The Balaban J connectivity index is 1.97. The molecule has 0 aliphatic rings. The first-order valence-corrected chi connectivity index (χ1v) is 6.81. The summed E-state index contributed by atoms with van der Waals surface area (Å²) in [4.78, 5) is 20.8. The first-order valence-electron chi connectivity index (χ1n) is 6.02. The highest BCUT2D eigenvalue weighted by atomic mass is 79.9. The molecule has 3 rings (SSSR count). The number of carbonyl (C=O) groups excluding carboxylic acids is 1. The van der Waals surface area contributed by atoms with Gasteiger partial charge in [0.05, 0.1) is 11.1 Å². The van der Waals surface area contributed by atoms with E-state index in [-0.39, 0.29) is 5.91 Å². The van der Waals surface area contributed by atoms with Gasteiger partial charge in [0, 0.05) is 11.6 Å². The van der Waals surface area contributed by atoms with Gasteiger partial charge in [0.1, 0.15) is 10.4 Å².